The lowest BCUT2D eigenvalue weighted by Crippen LogP contribution is -2.40. The van der Waals surface area contributed by atoms with Crippen LogP contribution in [0, 0.1) is 0 Å². The Bertz CT molecular complexity index is 302. The van der Waals surface area contributed by atoms with E-state index >= 15 is 0 Å². The van der Waals surface area contributed by atoms with Crippen LogP contribution in [-0.4, -0.2) is 31.2 Å². The highest BCUT2D eigenvalue weighted by Crippen LogP contribution is 2.23. The van der Waals surface area contributed by atoms with Crippen molar-refractivity contribution < 1.29 is 4.74 Å². The quantitative estimate of drug-likeness (QED) is 0.798. The molecule has 0 saturated carbocycles. The molecule has 0 aliphatic carbocycles. The average Bonchev–Trinajstić information content (AvgIpc) is 2.69. The number of fused-ring (bicyclic) bond motifs is 1. The number of hydrogen-bond acceptors (Lipinski definition) is 3. The second-order valence-corrected chi connectivity index (χ2v) is 4.02. The molecule has 2 N–H and O–H groups in total. The zero-order valence-electron chi connectivity index (χ0n) is 9.15. The molecule has 0 saturated heterocycles. The molecular formula is C12H18N2O. The molecule has 1 unspecified atom stereocenters. The maximum absolute atomic E-state index is 5.75. The van der Waals surface area contributed by atoms with Crippen molar-refractivity contribution in [1.29, 1.82) is 0 Å². The number of nitrogens with two attached hydrogens (primary N) is 1. The normalized spacial score (nSPS) is 17.7. The molecule has 1 aromatic rings. The van der Waals surface area contributed by atoms with Gasteiger partial charge in [0.05, 0.1) is 6.61 Å². The average molecular weight is 206 g/mol. The molecular weight excluding hydrogens is 188 g/mol. The largest absolute Gasteiger partial charge is 0.383 e. The van der Waals surface area contributed by atoms with Crippen LogP contribution in [0.1, 0.15) is 11.1 Å². The number of ether oxygens (including phenoxy) is 1. The van der Waals surface area contributed by atoms with E-state index in [-0.39, 0.29) is 0 Å². The number of nitrogens with zero attached hydrogens (tertiary/aromatic N) is 1. The molecule has 0 radical (unpaired) electrons. The van der Waals surface area contributed by atoms with Gasteiger partial charge in [-0.05, 0) is 11.1 Å². The maximum Gasteiger partial charge on any atom is 0.0630 e. The van der Waals surface area contributed by atoms with E-state index < -0.39 is 0 Å². The van der Waals surface area contributed by atoms with Crippen molar-refractivity contribution in [2.24, 2.45) is 5.73 Å². The lowest BCUT2D eigenvalue weighted by atomic mass is 10.1. The Morgan fingerprint density at radius 3 is 2.40 bits per heavy atom. The van der Waals surface area contributed by atoms with Crippen molar-refractivity contribution in [1.82, 2.24) is 4.90 Å². The lowest BCUT2D eigenvalue weighted by molar-refractivity contribution is 0.0926. The number of hydrogen-bond donors (Lipinski definition) is 1. The van der Waals surface area contributed by atoms with Gasteiger partial charge in [0.2, 0.25) is 0 Å². The third-order valence-corrected chi connectivity index (χ3v) is 3.01. The number of benzene rings is 1. The minimum Gasteiger partial charge on any atom is -0.383 e. The van der Waals surface area contributed by atoms with Gasteiger partial charge in [-0.3, -0.25) is 4.90 Å². The second-order valence-electron chi connectivity index (χ2n) is 4.02. The van der Waals surface area contributed by atoms with Crippen LogP contribution in [-0.2, 0) is 17.8 Å². The first kappa shape index (κ1) is 10.6. The first-order valence-electron chi connectivity index (χ1n) is 5.35. The maximum atomic E-state index is 5.75. The summed E-state index contributed by atoms with van der Waals surface area (Å²) in [5.41, 5.74) is 8.60. The summed E-state index contributed by atoms with van der Waals surface area (Å²) in [4.78, 5) is 2.38. The highest BCUT2D eigenvalue weighted by atomic mass is 16.5. The van der Waals surface area contributed by atoms with E-state index in [1.807, 2.05) is 0 Å². The molecule has 1 aromatic carbocycles. The van der Waals surface area contributed by atoms with Gasteiger partial charge in [-0.15, -0.1) is 0 Å². The minimum atomic E-state index is 0.336. The topological polar surface area (TPSA) is 38.5 Å². The fraction of sp³-hybridized carbons (Fsp3) is 0.500. The van der Waals surface area contributed by atoms with E-state index in [1.165, 1.54) is 11.1 Å². The molecule has 2 rings (SSSR count). The van der Waals surface area contributed by atoms with Gasteiger partial charge >= 0.3 is 0 Å². The Labute approximate surface area is 90.8 Å². The summed E-state index contributed by atoms with van der Waals surface area (Å²) in [6.45, 7) is 3.37. The Kier molecular flexibility index (Phi) is 3.36. The summed E-state index contributed by atoms with van der Waals surface area (Å²) in [5, 5.41) is 0. The van der Waals surface area contributed by atoms with Crippen LogP contribution >= 0.6 is 0 Å². The van der Waals surface area contributed by atoms with Crippen molar-refractivity contribution >= 4 is 0 Å². The summed E-state index contributed by atoms with van der Waals surface area (Å²) in [6.07, 6.45) is 0. The van der Waals surface area contributed by atoms with Gasteiger partial charge < -0.3 is 10.5 Å². The highest BCUT2D eigenvalue weighted by molar-refractivity contribution is 5.30. The molecule has 82 valence electrons. The molecule has 3 nitrogen and oxygen atoms in total. The minimum absolute atomic E-state index is 0.336. The number of methoxy groups -OCH3 is 1. The molecule has 0 spiro atoms. The summed E-state index contributed by atoms with van der Waals surface area (Å²) >= 11 is 0. The van der Waals surface area contributed by atoms with Gasteiger partial charge in [-0.1, -0.05) is 24.3 Å². The van der Waals surface area contributed by atoms with Gasteiger partial charge in [-0.25, -0.2) is 0 Å². The van der Waals surface area contributed by atoms with E-state index in [1.54, 1.807) is 7.11 Å². The van der Waals surface area contributed by atoms with E-state index in [0.717, 1.165) is 13.1 Å². The Balaban J connectivity index is 2.05. The van der Waals surface area contributed by atoms with Crippen LogP contribution in [0.15, 0.2) is 24.3 Å². The summed E-state index contributed by atoms with van der Waals surface area (Å²) in [5.74, 6) is 0. The number of rotatable bonds is 4. The fourth-order valence-corrected chi connectivity index (χ4v) is 2.13. The van der Waals surface area contributed by atoms with Crippen LogP contribution in [0.3, 0.4) is 0 Å². The third-order valence-electron chi connectivity index (χ3n) is 3.01. The SMILES string of the molecule is COCC(CN)N1Cc2ccccc2C1. The smallest absolute Gasteiger partial charge is 0.0630 e. The van der Waals surface area contributed by atoms with Crippen molar-refractivity contribution in [3.8, 4) is 0 Å². The Hall–Kier alpha value is -0.900. The van der Waals surface area contributed by atoms with Gasteiger partial charge in [-0.2, -0.15) is 0 Å². The van der Waals surface area contributed by atoms with Gasteiger partial charge in [0.1, 0.15) is 0 Å². The van der Waals surface area contributed by atoms with Crippen LogP contribution in [0.25, 0.3) is 0 Å². The van der Waals surface area contributed by atoms with Gasteiger partial charge in [0, 0.05) is 32.8 Å². The zero-order valence-corrected chi connectivity index (χ0v) is 9.15. The first-order chi connectivity index (χ1) is 7.35. The second kappa shape index (κ2) is 4.75. The van der Waals surface area contributed by atoms with Gasteiger partial charge in [0.25, 0.3) is 0 Å². The van der Waals surface area contributed by atoms with Gasteiger partial charge in [0.15, 0.2) is 0 Å². The molecule has 15 heavy (non-hydrogen) atoms. The van der Waals surface area contributed by atoms with Crippen LogP contribution < -0.4 is 5.73 Å². The van der Waals surface area contributed by atoms with Crippen molar-refractivity contribution in [3.63, 3.8) is 0 Å². The molecule has 3 heteroatoms. The monoisotopic (exact) mass is 206 g/mol. The van der Waals surface area contributed by atoms with E-state index in [2.05, 4.69) is 29.2 Å². The molecule has 0 amide bonds. The van der Waals surface area contributed by atoms with Crippen molar-refractivity contribution in [3.05, 3.63) is 35.4 Å². The van der Waals surface area contributed by atoms with E-state index in [9.17, 15) is 0 Å². The highest BCUT2D eigenvalue weighted by Gasteiger charge is 2.24. The fourth-order valence-electron chi connectivity index (χ4n) is 2.13. The third kappa shape index (κ3) is 2.20. The zero-order chi connectivity index (χ0) is 10.7. The molecule has 0 bridgehead atoms. The summed E-state index contributed by atoms with van der Waals surface area (Å²) in [6, 6.07) is 8.90. The molecule has 0 aromatic heterocycles. The lowest BCUT2D eigenvalue weighted by Gasteiger charge is -2.25. The Morgan fingerprint density at radius 1 is 1.33 bits per heavy atom. The van der Waals surface area contributed by atoms with Crippen LogP contribution in [0.5, 0.6) is 0 Å². The van der Waals surface area contributed by atoms with Crippen LogP contribution in [0.2, 0.25) is 0 Å². The molecule has 1 aliphatic rings. The van der Waals surface area contributed by atoms with E-state index in [4.69, 9.17) is 10.5 Å². The van der Waals surface area contributed by atoms with Crippen LogP contribution in [0.4, 0.5) is 0 Å². The van der Waals surface area contributed by atoms with E-state index in [0.29, 0.717) is 19.2 Å². The summed E-state index contributed by atoms with van der Waals surface area (Å²) < 4.78 is 5.18. The van der Waals surface area contributed by atoms with Crippen molar-refractivity contribution in [2.75, 3.05) is 20.3 Å². The first-order valence-corrected chi connectivity index (χ1v) is 5.35. The molecule has 1 atom stereocenters. The summed E-state index contributed by atoms with van der Waals surface area (Å²) in [7, 11) is 1.73. The molecule has 1 aliphatic heterocycles. The molecule has 1 heterocycles. The standard InChI is InChI=1S/C12H18N2O/c1-15-9-12(6-13)14-7-10-4-2-3-5-11(10)8-14/h2-5,12H,6-9,13H2,1H3. The predicted molar refractivity (Wildman–Crippen MR) is 60.4 cm³/mol. The van der Waals surface area contributed by atoms with Crippen molar-refractivity contribution in [2.45, 2.75) is 19.1 Å². The predicted octanol–water partition coefficient (Wildman–Crippen LogP) is 0.976. The molecule has 0 fully saturated rings. The Morgan fingerprint density at radius 2 is 1.93 bits per heavy atom.